The average Bonchev–Trinajstić information content (AvgIpc) is 3.04. The molecule has 0 saturated heterocycles. The van der Waals surface area contributed by atoms with Crippen LogP contribution in [-0.4, -0.2) is 38.7 Å². The van der Waals surface area contributed by atoms with Crippen LogP contribution in [0.5, 0.6) is 0 Å². The predicted molar refractivity (Wildman–Crippen MR) is 86.8 cm³/mol. The number of carbonyl (C=O) groups excluding carboxylic acids is 2. The van der Waals surface area contributed by atoms with Crippen LogP contribution in [0.2, 0.25) is 0 Å². The number of esters is 2. The lowest BCUT2D eigenvalue weighted by molar-refractivity contribution is -0.152. The predicted octanol–water partition coefficient (Wildman–Crippen LogP) is 2.65. The van der Waals surface area contributed by atoms with E-state index in [-0.39, 0.29) is 25.3 Å². The topological polar surface area (TPSA) is 107 Å². The summed E-state index contributed by atoms with van der Waals surface area (Å²) in [6, 6.07) is 0. The van der Waals surface area contributed by atoms with E-state index in [9.17, 15) is 9.59 Å². The molecule has 0 bridgehead atoms. The van der Waals surface area contributed by atoms with Gasteiger partial charge in [0.15, 0.2) is 6.10 Å². The van der Waals surface area contributed by atoms with Crippen molar-refractivity contribution in [3.63, 3.8) is 0 Å². The minimum Gasteiger partial charge on any atom is -0.462 e. The molecular formula is C16H26N4O4. The van der Waals surface area contributed by atoms with Gasteiger partial charge in [0, 0.05) is 7.00 Å². The lowest BCUT2D eigenvalue weighted by Gasteiger charge is -2.20. The Bertz CT molecular complexity index is 556. The molecule has 0 aromatic carbocycles. The van der Waals surface area contributed by atoms with E-state index in [1.807, 2.05) is 0 Å². The van der Waals surface area contributed by atoms with Crippen LogP contribution in [0.15, 0.2) is 12.2 Å². The highest BCUT2D eigenvalue weighted by atomic mass is 16.6. The molecule has 2 rings (SSSR count). The summed E-state index contributed by atoms with van der Waals surface area (Å²) in [5, 5.41) is 13.2. The molecule has 8 nitrogen and oxygen atoms in total. The summed E-state index contributed by atoms with van der Waals surface area (Å²) >= 11 is 0. The third kappa shape index (κ3) is 5.75. The SMILES string of the molecule is C=C(CC(=O)OC1CCCCCCC1)C(=O)OC(C)c1nn[nH]n1.[HH]. The van der Waals surface area contributed by atoms with Crippen LogP contribution in [-0.2, 0) is 19.1 Å². The van der Waals surface area contributed by atoms with Crippen molar-refractivity contribution in [1.82, 2.24) is 20.6 Å². The first kappa shape index (κ1) is 18.1. The van der Waals surface area contributed by atoms with E-state index in [4.69, 9.17) is 9.47 Å². The maximum atomic E-state index is 12.0. The maximum absolute atomic E-state index is 12.0. The summed E-state index contributed by atoms with van der Waals surface area (Å²) in [4.78, 5) is 24.0. The lowest BCUT2D eigenvalue weighted by atomic mass is 9.98. The molecule has 1 unspecified atom stereocenters. The number of tetrazole rings is 1. The number of ether oxygens (including phenoxy) is 2. The number of H-pyrrole nitrogens is 1. The van der Waals surface area contributed by atoms with Gasteiger partial charge in [-0.05, 0) is 32.6 Å². The van der Waals surface area contributed by atoms with Gasteiger partial charge in [0.05, 0.1) is 6.42 Å². The zero-order chi connectivity index (χ0) is 17.4. The van der Waals surface area contributed by atoms with Crippen molar-refractivity contribution in [3.8, 4) is 0 Å². The number of carbonyl (C=O) groups is 2. The van der Waals surface area contributed by atoms with Gasteiger partial charge < -0.3 is 9.47 Å². The van der Waals surface area contributed by atoms with Gasteiger partial charge in [-0.15, -0.1) is 10.2 Å². The van der Waals surface area contributed by atoms with Gasteiger partial charge >= 0.3 is 11.9 Å². The Balaban J connectivity index is 0.00000312. The fraction of sp³-hybridized carbons (Fsp3) is 0.688. The average molecular weight is 338 g/mol. The molecule has 1 aliphatic carbocycles. The fourth-order valence-corrected chi connectivity index (χ4v) is 2.65. The Hall–Kier alpha value is -2.25. The third-order valence-corrected chi connectivity index (χ3v) is 4.01. The minimum absolute atomic E-state index is 0. The molecule has 1 heterocycles. The molecule has 0 radical (unpaired) electrons. The molecule has 0 aliphatic heterocycles. The van der Waals surface area contributed by atoms with Crippen molar-refractivity contribution in [3.05, 3.63) is 18.0 Å². The van der Waals surface area contributed by atoms with Crippen LogP contribution in [0, 0.1) is 0 Å². The second kappa shape index (κ2) is 9.14. The fourth-order valence-electron chi connectivity index (χ4n) is 2.65. The Labute approximate surface area is 142 Å². The third-order valence-electron chi connectivity index (χ3n) is 4.01. The van der Waals surface area contributed by atoms with Crippen molar-refractivity contribution in [2.75, 3.05) is 0 Å². The molecule has 24 heavy (non-hydrogen) atoms. The van der Waals surface area contributed by atoms with Gasteiger partial charge in [0.25, 0.3) is 0 Å². The maximum Gasteiger partial charge on any atom is 0.334 e. The smallest absolute Gasteiger partial charge is 0.334 e. The van der Waals surface area contributed by atoms with E-state index in [2.05, 4.69) is 27.2 Å². The van der Waals surface area contributed by atoms with E-state index in [1.165, 1.54) is 19.3 Å². The second-order valence-electron chi connectivity index (χ2n) is 6.05. The first-order chi connectivity index (χ1) is 11.6. The van der Waals surface area contributed by atoms with Crippen molar-refractivity contribution in [2.45, 2.75) is 70.5 Å². The monoisotopic (exact) mass is 338 g/mol. The number of nitrogens with one attached hydrogen (secondary N) is 1. The van der Waals surface area contributed by atoms with E-state index in [0.717, 1.165) is 25.7 Å². The number of rotatable bonds is 6. The number of hydrogen-bond acceptors (Lipinski definition) is 7. The molecule has 0 amide bonds. The first-order valence-corrected chi connectivity index (χ1v) is 8.38. The largest absolute Gasteiger partial charge is 0.462 e. The van der Waals surface area contributed by atoms with Crippen molar-refractivity contribution in [2.24, 2.45) is 0 Å². The zero-order valence-corrected chi connectivity index (χ0v) is 14.0. The van der Waals surface area contributed by atoms with Crippen LogP contribution < -0.4 is 0 Å². The second-order valence-corrected chi connectivity index (χ2v) is 6.05. The summed E-state index contributed by atoms with van der Waals surface area (Å²) in [5.74, 6) is -0.843. The van der Waals surface area contributed by atoms with Crippen molar-refractivity contribution < 1.29 is 20.5 Å². The highest BCUT2D eigenvalue weighted by Gasteiger charge is 2.22. The molecular weight excluding hydrogens is 312 g/mol. The Kier molecular flexibility index (Phi) is 6.89. The Morgan fingerprint density at radius 2 is 1.96 bits per heavy atom. The van der Waals surface area contributed by atoms with E-state index < -0.39 is 18.0 Å². The summed E-state index contributed by atoms with van der Waals surface area (Å²) in [7, 11) is 0. The molecule has 1 atom stereocenters. The normalized spacial score (nSPS) is 17.4. The quantitative estimate of drug-likeness (QED) is 0.627. The molecule has 134 valence electrons. The van der Waals surface area contributed by atoms with Crippen LogP contribution >= 0.6 is 0 Å². The van der Waals surface area contributed by atoms with Gasteiger partial charge in [-0.1, -0.05) is 31.1 Å². The van der Waals surface area contributed by atoms with Gasteiger partial charge in [-0.2, -0.15) is 5.21 Å². The molecule has 8 heteroatoms. The Morgan fingerprint density at radius 1 is 1.29 bits per heavy atom. The van der Waals surface area contributed by atoms with Gasteiger partial charge in [0.1, 0.15) is 6.10 Å². The van der Waals surface area contributed by atoms with Crippen LogP contribution in [0.25, 0.3) is 0 Å². The van der Waals surface area contributed by atoms with E-state index in [0.29, 0.717) is 0 Å². The van der Waals surface area contributed by atoms with Gasteiger partial charge in [-0.25, -0.2) is 4.79 Å². The summed E-state index contributed by atoms with van der Waals surface area (Å²) < 4.78 is 10.6. The van der Waals surface area contributed by atoms with Crippen LogP contribution in [0.4, 0.5) is 0 Å². The summed E-state index contributed by atoms with van der Waals surface area (Å²) in [5.41, 5.74) is 0.0567. The zero-order valence-electron chi connectivity index (χ0n) is 14.0. The van der Waals surface area contributed by atoms with Crippen molar-refractivity contribution in [1.29, 1.82) is 0 Å². The molecule has 1 aromatic heterocycles. The number of nitrogens with zero attached hydrogens (tertiary/aromatic N) is 3. The van der Waals surface area contributed by atoms with Gasteiger partial charge in [-0.3, -0.25) is 4.79 Å². The minimum atomic E-state index is -0.672. The number of aromatic amines is 1. The summed E-state index contributed by atoms with van der Waals surface area (Å²) in [6.07, 6.45) is 6.63. The van der Waals surface area contributed by atoms with E-state index >= 15 is 0 Å². The first-order valence-electron chi connectivity index (χ1n) is 8.38. The number of hydrogen-bond donors (Lipinski definition) is 1. The van der Waals surface area contributed by atoms with Crippen LogP contribution in [0.3, 0.4) is 0 Å². The summed E-state index contributed by atoms with van der Waals surface area (Å²) in [6.45, 7) is 5.23. The molecule has 1 fully saturated rings. The number of aromatic nitrogens is 4. The lowest BCUT2D eigenvalue weighted by Crippen LogP contribution is -2.21. The molecule has 1 N–H and O–H groups in total. The standard InChI is InChI=1S/C16H24N4O4.H2/c1-11(16(22)23-12(2)15-17-19-20-18-15)10-14(21)24-13-8-6-4-3-5-7-9-13;/h12-13H,1,3-10H2,2H3,(H,17,18,19,20);1H. The van der Waals surface area contributed by atoms with Crippen molar-refractivity contribution >= 4 is 11.9 Å². The highest BCUT2D eigenvalue weighted by molar-refractivity contribution is 5.93. The molecule has 1 saturated carbocycles. The molecule has 1 aliphatic rings. The van der Waals surface area contributed by atoms with E-state index in [1.54, 1.807) is 6.92 Å². The van der Waals surface area contributed by atoms with Gasteiger partial charge in [0.2, 0.25) is 5.82 Å². The van der Waals surface area contributed by atoms with Crippen LogP contribution in [0.1, 0.15) is 71.6 Å². The molecule has 1 aromatic rings. The highest BCUT2D eigenvalue weighted by Crippen LogP contribution is 2.21. The Morgan fingerprint density at radius 3 is 2.58 bits per heavy atom. The molecule has 0 spiro atoms.